The van der Waals surface area contributed by atoms with Crippen LogP contribution in [0, 0.1) is 0 Å². The number of hydrogen-bond donors (Lipinski definition) is 1. The molecule has 0 saturated carbocycles. The van der Waals surface area contributed by atoms with E-state index in [4.69, 9.17) is 4.74 Å². The number of ether oxygens (including phenoxy) is 1. The second-order valence-electron chi connectivity index (χ2n) is 8.44. The van der Waals surface area contributed by atoms with Gasteiger partial charge in [0, 0.05) is 58.4 Å². The van der Waals surface area contributed by atoms with Crippen molar-refractivity contribution in [2.75, 3.05) is 60.5 Å². The molecule has 0 aromatic heterocycles. The van der Waals surface area contributed by atoms with Gasteiger partial charge in [-0.15, -0.1) is 0 Å². The maximum absolute atomic E-state index is 12.6. The van der Waals surface area contributed by atoms with Gasteiger partial charge in [-0.1, -0.05) is 36.4 Å². The van der Waals surface area contributed by atoms with Gasteiger partial charge in [-0.2, -0.15) is 0 Å². The number of nitrogens with zero attached hydrogens (tertiary/aromatic N) is 3. The number of likely N-dealkylation sites (N-methyl/N-ethyl adjacent to an activating group) is 2. The Kier molecular flexibility index (Phi) is 8.64. The third kappa shape index (κ3) is 6.80. The van der Waals surface area contributed by atoms with Crippen LogP contribution in [-0.4, -0.2) is 87.0 Å². The van der Waals surface area contributed by atoms with E-state index in [-0.39, 0.29) is 18.4 Å². The van der Waals surface area contributed by atoms with Crippen LogP contribution < -0.4 is 10.1 Å². The lowest BCUT2D eigenvalue weighted by Gasteiger charge is -2.40. The molecule has 32 heavy (non-hydrogen) atoms. The number of nitrogens with one attached hydrogen (secondary N) is 1. The van der Waals surface area contributed by atoms with Crippen LogP contribution in [0.25, 0.3) is 0 Å². The van der Waals surface area contributed by atoms with E-state index in [1.165, 1.54) is 10.5 Å². The molecule has 1 aliphatic heterocycles. The van der Waals surface area contributed by atoms with Crippen molar-refractivity contribution in [3.63, 3.8) is 0 Å². The summed E-state index contributed by atoms with van der Waals surface area (Å²) in [5.74, 6) is 0.251. The summed E-state index contributed by atoms with van der Waals surface area (Å²) in [4.78, 5) is 30.6. The van der Waals surface area contributed by atoms with E-state index in [1.54, 1.807) is 38.4 Å². The highest BCUT2D eigenvalue weighted by Gasteiger charge is 2.25. The molecule has 2 amide bonds. The highest BCUT2D eigenvalue weighted by Crippen LogP contribution is 2.24. The second-order valence-corrected chi connectivity index (χ2v) is 8.44. The third-order valence-corrected chi connectivity index (χ3v) is 5.74. The summed E-state index contributed by atoms with van der Waals surface area (Å²) in [5.41, 5.74) is 1.87. The van der Waals surface area contributed by atoms with Crippen LogP contribution in [-0.2, 0) is 4.79 Å². The average Bonchev–Trinajstić information content (AvgIpc) is 2.81. The SMILES string of the molecule is CN1CCN(CCCNC(=O)c2cccc(OCC(=O)N(C)C)c2)C(c2ccccc2)C1. The molecule has 1 atom stereocenters. The molecule has 1 unspecified atom stereocenters. The molecular weight excluding hydrogens is 404 g/mol. The summed E-state index contributed by atoms with van der Waals surface area (Å²) >= 11 is 0. The van der Waals surface area contributed by atoms with Gasteiger partial charge in [0.1, 0.15) is 5.75 Å². The number of rotatable bonds is 9. The van der Waals surface area contributed by atoms with Gasteiger partial charge >= 0.3 is 0 Å². The van der Waals surface area contributed by atoms with Crippen LogP contribution in [0.2, 0.25) is 0 Å². The average molecular weight is 439 g/mol. The molecule has 0 bridgehead atoms. The molecular formula is C25H34N4O3. The minimum Gasteiger partial charge on any atom is -0.484 e. The van der Waals surface area contributed by atoms with Crippen molar-refractivity contribution in [1.82, 2.24) is 20.0 Å². The van der Waals surface area contributed by atoms with Gasteiger partial charge in [0.05, 0.1) is 0 Å². The Morgan fingerprint density at radius 2 is 1.88 bits per heavy atom. The Hall–Kier alpha value is -2.90. The minimum atomic E-state index is -0.132. The monoisotopic (exact) mass is 438 g/mol. The van der Waals surface area contributed by atoms with E-state index in [0.717, 1.165) is 32.6 Å². The first kappa shape index (κ1) is 23.8. The van der Waals surface area contributed by atoms with Crippen molar-refractivity contribution in [1.29, 1.82) is 0 Å². The minimum absolute atomic E-state index is 0.0499. The summed E-state index contributed by atoms with van der Waals surface area (Å²) < 4.78 is 5.51. The Morgan fingerprint density at radius 3 is 2.62 bits per heavy atom. The van der Waals surface area contributed by atoms with Gasteiger partial charge in [0.15, 0.2) is 6.61 Å². The predicted octanol–water partition coefficient (Wildman–Crippen LogP) is 2.26. The van der Waals surface area contributed by atoms with Crippen molar-refractivity contribution in [3.8, 4) is 5.75 Å². The normalized spacial score (nSPS) is 17.0. The summed E-state index contributed by atoms with van der Waals surface area (Å²) in [5, 5.41) is 3.01. The van der Waals surface area contributed by atoms with Crippen LogP contribution in [0.1, 0.15) is 28.4 Å². The van der Waals surface area contributed by atoms with E-state index >= 15 is 0 Å². The molecule has 7 nitrogen and oxygen atoms in total. The standard InChI is InChI=1S/C25H34N4O3/c1-27(2)24(30)19-32-22-12-7-11-21(17-22)25(31)26-13-8-14-29-16-15-28(3)18-23(29)20-9-5-4-6-10-20/h4-7,9-12,17,23H,8,13-16,18-19H2,1-3H3,(H,26,31). The number of hydrogen-bond acceptors (Lipinski definition) is 5. The number of amides is 2. The fraction of sp³-hybridized carbons (Fsp3) is 0.440. The molecule has 0 aliphatic carbocycles. The predicted molar refractivity (Wildman–Crippen MR) is 126 cm³/mol. The molecule has 2 aromatic carbocycles. The third-order valence-electron chi connectivity index (χ3n) is 5.74. The molecule has 0 spiro atoms. The van der Waals surface area contributed by atoms with Crippen molar-refractivity contribution in [2.24, 2.45) is 0 Å². The molecule has 1 heterocycles. The van der Waals surface area contributed by atoms with Crippen molar-refractivity contribution < 1.29 is 14.3 Å². The lowest BCUT2D eigenvalue weighted by Crippen LogP contribution is -2.47. The fourth-order valence-corrected chi connectivity index (χ4v) is 3.80. The molecule has 1 N–H and O–H groups in total. The molecule has 0 radical (unpaired) electrons. The highest BCUT2D eigenvalue weighted by molar-refractivity contribution is 5.94. The summed E-state index contributed by atoms with van der Waals surface area (Å²) in [6, 6.07) is 17.9. The smallest absolute Gasteiger partial charge is 0.259 e. The first-order chi connectivity index (χ1) is 15.4. The van der Waals surface area contributed by atoms with Crippen LogP contribution >= 0.6 is 0 Å². The Balaban J connectivity index is 1.47. The zero-order chi connectivity index (χ0) is 22.9. The fourth-order valence-electron chi connectivity index (χ4n) is 3.80. The maximum atomic E-state index is 12.6. The molecule has 3 rings (SSSR count). The van der Waals surface area contributed by atoms with E-state index in [9.17, 15) is 9.59 Å². The van der Waals surface area contributed by atoms with Crippen molar-refractivity contribution in [2.45, 2.75) is 12.5 Å². The van der Waals surface area contributed by atoms with Gasteiger partial charge in [-0.3, -0.25) is 14.5 Å². The summed E-state index contributed by atoms with van der Waals surface area (Å²) in [6.45, 7) is 4.58. The topological polar surface area (TPSA) is 65.1 Å². The number of carbonyl (C=O) groups is 2. The number of carbonyl (C=O) groups excluding carboxylic acids is 2. The lowest BCUT2D eigenvalue weighted by molar-refractivity contribution is -0.130. The number of piperazine rings is 1. The zero-order valence-electron chi connectivity index (χ0n) is 19.3. The second kappa shape index (κ2) is 11.6. The Morgan fingerprint density at radius 1 is 1.09 bits per heavy atom. The van der Waals surface area contributed by atoms with E-state index in [0.29, 0.717) is 23.9 Å². The largest absolute Gasteiger partial charge is 0.484 e. The van der Waals surface area contributed by atoms with Crippen molar-refractivity contribution in [3.05, 3.63) is 65.7 Å². The van der Waals surface area contributed by atoms with Gasteiger partial charge in [0.25, 0.3) is 11.8 Å². The Bertz CT molecular complexity index is 888. The molecule has 172 valence electrons. The van der Waals surface area contributed by atoms with Crippen molar-refractivity contribution >= 4 is 11.8 Å². The molecule has 2 aromatic rings. The number of benzene rings is 2. The highest BCUT2D eigenvalue weighted by atomic mass is 16.5. The first-order valence-electron chi connectivity index (χ1n) is 11.1. The van der Waals surface area contributed by atoms with Crippen LogP contribution in [0.15, 0.2) is 54.6 Å². The van der Waals surface area contributed by atoms with Crippen LogP contribution in [0.3, 0.4) is 0 Å². The maximum Gasteiger partial charge on any atom is 0.259 e. The quantitative estimate of drug-likeness (QED) is 0.609. The summed E-state index contributed by atoms with van der Waals surface area (Å²) in [6.07, 6.45) is 0.881. The first-order valence-corrected chi connectivity index (χ1v) is 11.1. The zero-order valence-corrected chi connectivity index (χ0v) is 19.3. The van der Waals surface area contributed by atoms with Gasteiger partial charge < -0.3 is 19.9 Å². The molecule has 1 fully saturated rings. The lowest BCUT2D eigenvalue weighted by atomic mass is 10.0. The van der Waals surface area contributed by atoms with Gasteiger partial charge in [-0.25, -0.2) is 0 Å². The van der Waals surface area contributed by atoms with E-state index < -0.39 is 0 Å². The van der Waals surface area contributed by atoms with Gasteiger partial charge in [-0.05, 0) is 37.2 Å². The summed E-state index contributed by atoms with van der Waals surface area (Å²) in [7, 11) is 5.53. The molecule has 1 aliphatic rings. The van der Waals surface area contributed by atoms with Crippen LogP contribution in [0.5, 0.6) is 5.75 Å². The Labute approximate surface area is 190 Å². The van der Waals surface area contributed by atoms with Gasteiger partial charge in [0.2, 0.25) is 0 Å². The van der Waals surface area contributed by atoms with E-state index in [1.807, 2.05) is 0 Å². The van der Waals surface area contributed by atoms with Crippen LogP contribution in [0.4, 0.5) is 0 Å². The van der Waals surface area contributed by atoms with E-state index in [2.05, 4.69) is 52.5 Å². The molecule has 1 saturated heterocycles. The molecule has 7 heteroatoms.